The largest absolute Gasteiger partial charge is 0.271 e. The molecule has 0 saturated heterocycles. The number of nitrogens with zero attached hydrogens (tertiary/aromatic N) is 3. The van der Waals surface area contributed by atoms with E-state index in [1.165, 1.54) is 5.56 Å². The highest BCUT2D eigenvalue weighted by Crippen LogP contribution is 2.25. The van der Waals surface area contributed by atoms with E-state index in [2.05, 4.69) is 27.6 Å². The van der Waals surface area contributed by atoms with Gasteiger partial charge in [-0.2, -0.15) is 5.10 Å². The number of aromatic nitrogens is 3. The van der Waals surface area contributed by atoms with Crippen LogP contribution in [-0.4, -0.2) is 14.8 Å². The van der Waals surface area contributed by atoms with E-state index in [0.29, 0.717) is 0 Å². The van der Waals surface area contributed by atoms with E-state index in [-0.39, 0.29) is 6.04 Å². The molecule has 3 aromatic rings. The van der Waals surface area contributed by atoms with E-state index < -0.39 is 0 Å². The molecule has 3 rings (SSSR count). The third kappa shape index (κ3) is 2.29. The van der Waals surface area contributed by atoms with E-state index in [4.69, 9.17) is 5.84 Å². The first kappa shape index (κ1) is 12.8. The quantitative estimate of drug-likeness (QED) is 0.558. The van der Waals surface area contributed by atoms with Crippen LogP contribution in [0.4, 0.5) is 0 Å². The first-order chi connectivity index (χ1) is 9.79. The number of nitrogens with one attached hydrogen (secondary N) is 1. The Hall–Kier alpha value is -2.24. The topological polar surface area (TPSA) is 68.8 Å². The maximum Gasteiger partial charge on any atom is 0.0889 e. The zero-order chi connectivity index (χ0) is 13.9. The van der Waals surface area contributed by atoms with Crippen LogP contribution in [0, 0.1) is 0 Å². The third-order valence-electron chi connectivity index (χ3n) is 3.51. The normalized spacial score (nSPS) is 12.7. The summed E-state index contributed by atoms with van der Waals surface area (Å²) in [5, 5.41) is 5.75. The number of pyridine rings is 1. The summed E-state index contributed by atoms with van der Waals surface area (Å²) in [6, 6.07) is 12.1. The Labute approximate surface area is 117 Å². The lowest BCUT2D eigenvalue weighted by atomic mass is 10.0. The number of fused-ring (bicyclic) bond motifs is 1. The smallest absolute Gasteiger partial charge is 0.0889 e. The van der Waals surface area contributed by atoms with Crippen molar-refractivity contribution in [1.29, 1.82) is 0 Å². The van der Waals surface area contributed by atoms with Crippen LogP contribution in [0.2, 0.25) is 0 Å². The Bertz CT molecular complexity index is 705. The van der Waals surface area contributed by atoms with Crippen molar-refractivity contribution in [2.75, 3.05) is 0 Å². The van der Waals surface area contributed by atoms with Gasteiger partial charge in [0.1, 0.15) is 0 Å². The molecule has 2 heterocycles. The van der Waals surface area contributed by atoms with Gasteiger partial charge in [-0.1, -0.05) is 18.2 Å². The Kier molecular flexibility index (Phi) is 3.45. The molecule has 1 aromatic carbocycles. The second kappa shape index (κ2) is 5.40. The highest BCUT2D eigenvalue weighted by Gasteiger charge is 2.18. The van der Waals surface area contributed by atoms with Gasteiger partial charge in [0, 0.05) is 24.8 Å². The molecule has 0 radical (unpaired) electrons. The van der Waals surface area contributed by atoms with Crippen molar-refractivity contribution in [3.8, 4) is 0 Å². The second-order valence-corrected chi connectivity index (χ2v) is 4.80. The number of benzene rings is 1. The van der Waals surface area contributed by atoms with Crippen molar-refractivity contribution in [3.05, 3.63) is 60.0 Å². The fourth-order valence-electron chi connectivity index (χ4n) is 2.49. The van der Waals surface area contributed by atoms with Gasteiger partial charge >= 0.3 is 0 Å². The van der Waals surface area contributed by atoms with Crippen LogP contribution in [0.1, 0.15) is 17.3 Å². The van der Waals surface area contributed by atoms with E-state index >= 15 is 0 Å². The molecule has 0 aliphatic rings. The lowest BCUT2D eigenvalue weighted by Gasteiger charge is -2.14. The number of aryl methyl sites for hydroxylation is 1. The van der Waals surface area contributed by atoms with Crippen LogP contribution < -0.4 is 11.3 Å². The number of hydrogen-bond donors (Lipinski definition) is 2. The summed E-state index contributed by atoms with van der Waals surface area (Å²) in [5.74, 6) is 5.74. The number of hydrazine groups is 1. The predicted molar refractivity (Wildman–Crippen MR) is 78.7 cm³/mol. The first-order valence-electron chi connectivity index (χ1n) is 6.56. The van der Waals surface area contributed by atoms with Gasteiger partial charge in [0.25, 0.3) is 0 Å². The van der Waals surface area contributed by atoms with Crippen LogP contribution in [-0.2, 0) is 13.5 Å². The lowest BCUT2D eigenvalue weighted by molar-refractivity contribution is 0.532. The Balaban J connectivity index is 1.99. The molecule has 0 aliphatic heterocycles. The molecule has 1 unspecified atom stereocenters. The highest BCUT2D eigenvalue weighted by atomic mass is 15.3. The molecule has 3 N–H and O–H groups in total. The molecule has 0 fully saturated rings. The molecule has 0 spiro atoms. The molecular formula is C15H17N5. The molecule has 20 heavy (non-hydrogen) atoms. The predicted octanol–water partition coefficient (Wildman–Crippen LogP) is 1.72. The third-order valence-corrected chi connectivity index (χ3v) is 3.51. The standard InChI is InChI=1S/C15H17N5/c1-20-14-5-3-2-4-12(14)15(19-20)13(18-16)10-11-6-8-17-9-7-11/h2-9,13,18H,10,16H2,1H3. The minimum absolute atomic E-state index is 0.0245. The van der Waals surface area contributed by atoms with Gasteiger partial charge in [0.2, 0.25) is 0 Å². The summed E-state index contributed by atoms with van der Waals surface area (Å²) < 4.78 is 1.89. The maximum atomic E-state index is 5.74. The van der Waals surface area contributed by atoms with Crippen LogP contribution in [0.15, 0.2) is 48.8 Å². The van der Waals surface area contributed by atoms with Crippen molar-refractivity contribution in [1.82, 2.24) is 20.2 Å². The number of hydrogen-bond acceptors (Lipinski definition) is 4. The van der Waals surface area contributed by atoms with Crippen molar-refractivity contribution >= 4 is 10.9 Å². The van der Waals surface area contributed by atoms with Crippen molar-refractivity contribution < 1.29 is 0 Å². The van der Waals surface area contributed by atoms with Crippen LogP contribution >= 0.6 is 0 Å². The lowest BCUT2D eigenvalue weighted by Crippen LogP contribution is -2.30. The van der Waals surface area contributed by atoms with Gasteiger partial charge in [0.05, 0.1) is 17.3 Å². The van der Waals surface area contributed by atoms with Crippen molar-refractivity contribution in [3.63, 3.8) is 0 Å². The Morgan fingerprint density at radius 3 is 2.70 bits per heavy atom. The summed E-state index contributed by atoms with van der Waals surface area (Å²) in [6.07, 6.45) is 4.36. The number of para-hydroxylation sites is 1. The van der Waals surface area contributed by atoms with Gasteiger partial charge in [-0.3, -0.25) is 20.9 Å². The molecule has 1 atom stereocenters. The summed E-state index contributed by atoms with van der Waals surface area (Å²) in [4.78, 5) is 4.03. The second-order valence-electron chi connectivity index (χ2n) is 4.80. The SMILES string of the molecule is Cn1nc(C(Cc2ccncc2)NN)c2ccccc21. The van der Waals surface area contributed by atoms with E-state index in [1.54, 1.807) is 12.4 Å². The minimum Gasteiger partial charge on any atom is -0.271 e. The molecular weight excluding hydrogens is 250 g/mol. The molecule has 102 valence electrons. The Morgan fingerprint density at radius 2 is 1.95 bits per heavy atom. The van der Waals surface area contributed by atoms with Crippen molar-refractivity contribution in [2.24, 2.45) is 12.9 Å². The minimum atomic E-state index is -0.0245. The molecule has 5 heteroatoms. The monoisotopic (exact) mass is 267 g/mol. The van der Waals surface area contributed by atoms with Gasteiger partial charge < -0.3 is 0 Å². The first-order valence-corrected chi connectivity index (χ1v) is 6.56. The summed E-state index contributed by atoms with van der Waals surface area (Å²) in [6.45, 7) is 0. The zero-order valence-corrected chi connectivity index (χ0v) is 11.3. The summed E-state index contributed by atoms with van der Waals surface area (Å²) in [7, 11) is 1.95. The highest BCUT2D eigenvalue weighted by molar-refractivity contribution is 5.82. The van der Waals surface area contributed by atoms with E-state index in [1.807, 2.05) is 36.0 Å². The zero-order valence-electron chi connectivity index (χ0n) is 11.3. The molecule has 5 nitrogen and oxygen atoms in total. The molecule has 0 bridgehead atoms. The van der Waals surface area contributed by atoms with Gasteiger partial charge in [-0.15, -0.1) is 0 Å². The Morgan fingerprint density at radius 1 is 1.20 bits per heavy atom. The molecule has 0 aliphatic carbocycles. The maximum absolute atomic E-state index is 5.74. The van der Waals surface area contributed by atoms with Crippen molar-refractivity contribution in [2.45, 2.75) is 12.5 Å². The fraction of sp³-hybridized carbons (Fsp3) is 0.200. The fourth-order valence-corrected chi connectivity index (χ4v) is 2.49. The van der Waals surface area contributed by atoms with Crippen LogP contribution in [0.25, 0.3) is 10.9 Å². The van der Waals surface area contributed by atoms with E-state index in [0.717, 1.165) is 23.0 Å². The number of nitrogens with two attached hydrogens (primary N) is 1. The molecule has 2 aromatic heterocycles. The average Bonchev–Trinajstić information content (AvgIpc) is 2.84. The average molecular weight is 267 g/mol. The molecule has 0 saturated carbocycles. The van der Waals surface area contributed by atoms with Gasteiger partial charge in [0.15, 0.2) is 0 Å². The molecule has 0 amide bonds. The number of rotatable bonds is 4. The van der Waals surface area contributed by atoms with Gasteiger partial charge in [-0.05, 0) is 30.2 Å². The van der Waals surface area contributed by atoms with E-state index in [9.17, 15) is 0 Å². The summed E-state index contributed by atoms with van der Waals surface area (Å²) >= 11 is 0. The van der Waals surface area contributed by atoms with Gasteiger partial charge in [-0.25, -0.2) is 0 Å². The van der Waals surface area contributed by atoms with Crippen LogP contribution in [0.3, 0.4) is 0 Å². The van der Waals surface area contributed by atoms with Crippen LogP contribution in [0.5, 0.6) is 0 Å². The summed E-state index contributed by atoms with van der Waals surface area (Å²) in [5.41, 5.74) is 6.14.